The topological polar surface area (TPSA) is 74.6 Å². The van der Waals surface area contributed by atoms with E-state index in [0.29, 0.717) is 5.75 Å². The van der Waals surface area contributed by atoms with Gasteiger partial charge in [-0.25, -0.2) is 0 Å². The number of hydrogen-bond donors (Lipinski definition) is 2. The van der Waals surface area contributed by atoms with Gasteiger partial charge in [0.25, 0.3) is 0 Å². The fourth-order valence-electron chi connectivity index (χ4n) is 2.02. The van der Waals surface area contributed by atoms with Gasteiger partial charge in [0.05, 0.1) is 6.42 Å². The molecule has 1 unspecified atom stereocenters. The highest BCUT2D eigenvalue weighted by Crippen LogP contribution is 2.17. The molecule has 0 amide bonds. The molecule has 0 aliphatic heterocycles. The van der Waals surface area contributed by atoms with Crippen molar-refractivity contribution in [2.24, 2.45) is 0 Å². The average molecular weight is 355 g/mol. The Morgan fingerprint density at radius 3 is 1.96 bits per heavy atom. The van der Waals surface area contributed by atoms with E-state index in [1.54, 1.807) is 0 Å². The van der Waals surface area contributed by atoms with E-state index in [9.17, 15) is 9.59 Å². The summed E-state index contributed by atoms with van der Waals surface area (Å²) in [5.74, 6) is -1.62. The van der Waals surface area contributed by atoms with E-state index in [1.165, 1.54) is 16.7 Å². The van der Waals surface area contributed by atoms with E-state index < -0.39 is 17.2 Å². The smallest absolute Gasteiger partial charge is 0.317 e. The summed E-state index contributed by atoms with van der Waals surface area (Å²) < 4.78 is 0. The van der Waals surface area contributed by atoms with Crippen LogP contribution in [0.2, 0.25) is 0 Å². The van der Waals surface area contributed by atoms with Crippen LogP contribution in [0.1, 0.15) is 59.8 Å². The summed E-state index contributed by atoms with van der Waals surface area (Å²) in [5, 5.41) is 16.8. The first-order chi connectivity index (χ1) is 11.2. The molecule has 0 bridgehead atoms. The van der Waals surface area contributed by atoms with Gasteiger partial charge >= 0.3 is 11.9 Å². The molecule has 136 valence electrons. The van der Waals surface area contributed by atoms with Crippen molar-refractivity contribution in [1.82, 2.24) is 0 Å². The summed E-state index contributed by atoms with van der Waals surface area (Å²) in [6, 6.07) is 0. The highest BCUT2D eigenvalue weighted by atomic mass is 32.2. The quantitative estimate of drug-likeness (QED) is 0.479. The van der Waals surface area contributed by atoms with Crippen molar-refractivity contribution in [3.05, 3.63) is 34.9 Å². The molecular formula is C19H30O4S. The third-order valence-corrected chi connectivity index (χ3v) is 4.62. The van der Waals surface area contributed by atoms with E-state index >= 15 is 0 Å². The summed E-state index contributed by atoms with van der Waals surface area (Å²) in [5.41, 5.74) is 3.94. The van der Waals surface area contributed by atoms with Crippen molar-refractivity contribution in [2.75, 3.05) is 5.75 Å². The highest BCUT2D eigenvalue weighted by molar-refractivity contribution is 8.00. The summed E-state index contributed by atoms with van der Waals surface area (Å²) in [4.78, 5) is 21.6. The third-order valence-electron chi connectivity index (χ3n) is 3.49. The molecule has 0 saturated carbocycles. The van der Waals surface area contributed by atoms with Crippen molar-refractivity contribution in [3.8, 4) is 0 Å². The van der Waals surface area contributed by atoms with Crippen molar-refractivity contribution < 1.29 is 19.8 Å². The molecule has 0 fully saturated rings. The first-order valence-electron chi connectivity index (χ1n) is 8.23. The molecule has 0 rings (SSSR count). The zero-order valence-corrected chi connectivity index (χ0v) is 16.0. The number of carboxylic acids is 2. The van der Waals surface area contributed by atoms with Gasteiger partial charge in [-0.1, -0.05) is 34.9 Å². The minimum absolute atomic E-state index is 0.347. The third kappa shape index (κ3) is 13.0. The average Bonchev–Trinajstić information content (AvgIpc) is 2.45. The molecule has 0 aromatic rings. The van der Waals surface area contributed by atoms with Crippen molar-refractivity contribution in [2.45, 2.75) is 65.0 Å². The van der Waals surface area contributed by atoms with Gasteiger partial charge in [-0.2, -0.15) is 0 Å². The molecule has 1 atom stereocenters. The van der Waals surface area contributed by atoms with Crippen LogP contribution in [0.5, 0.6) is 0 Å². The molecule has 0 aromatic carbocycles. The summed E-state index contributed by atoms with van der Waals surface area (Å²) >= 11 is 1.16. The summed E-state index contributed by atoms with van der Waals surface area (Å²) in [6.07, 6.45) is 10.2. The standard InChI is InChI=1S/C19H30O4S/c1-14(2)7-5-8-15(3)9-6-10-16(4)11-12-24-17(19(22)23)13-18(20)21/h7,9,11,17H,5-6,8,10,12-13H2,1-4H3,(H,20,21)(H,22,23). The Kier molecular flexibility index (Phi) is 12.1. The maximum absolute atomic E-state index is 11.0. The van der Waals surface area contributed by atoms with E-state index in [2.05, 4.69) is 32.9 Å². The van der Waals surface area contributed by atoms with E-state index in [1.807, 2.05) is 13.0 Å². The van der Waals surface area contributed by atoms with Crippen molar-refractivity contribution in [3.63, 3.8) is 0 Å². The van der Waals surface area contributed by atoms with Gasteiger partial charge in [-0.15, -0.1) is 11.8 Å². The number of hydrogen-bond acceptors (Lipinski definition) is 3. The van der Waals surface area contributed by atoms with Gasteiger partial charge in [-0.3, -0.25) is 9.59 Å². The molecule has 0 aliphatic rings. The zero-order valence-electron chi connectivity index (χ0n) is 15.2. The lowest BCUT2D eigenvalue weighted by Crippen LogP contribution is -2.20. The second-order valence-electron chi connectivity index (χ2n) is 6.22. The van der Waals surface area contributed by atoms with Gasteiger partial charge in [0.15, 0.2) is 0 Å². The predicted octanol–water partition coefficient (Wildman–Crippen LogP) is 5.07. The van der Waals surface area contributed by atoms with Crippen LogP contribution < -0.4 is 0 Å². The molecule has 5 heteroatoms. The summed E-state index contributed by atoms with van der Waals surface area (Å²) in [7, 11) is 0. The Hall–Kier alpha value is -1.49. The summed E-state index contributed by atoms with van der Waals surface area (Å²) in [6.45, 7) is 8.39. The molecule has 0 aromatic heterocycles. The molecule has 0 aliphatic carbocycles. The molecule has 0 saturated heterocycles. The molecule has 0 spiro atoms. The molecule has 0 heterocycles. The van der Waals surface area contributed by atoms with Crippen LogP contribution in [0.4, 0.5) is 0 Å². The zero-order chi connectivity index (χ0) is 18.5. The van der Waals surface area contributed by atoms with Crippen LogP contribution in [-0.2, 0) is 9.59 Å². The number of allylic oxidation sites excluding steroid dienone is 5. The maximum Gasteiger partial charge on any atom is 0.317 e. The number of thioether (sulfide) groups is 1. The Morgan fingerprint density at radius 2 is 1.46 bits per heavy atom. The first kappa shape index (κ1) is 22.5. The van der Waals surface area contributed by atoms with Gasteiger partial charge in [0, 0.05) is 5.75 Å². The number of rotatable bonds is 12. The lowest BCUT2D eigenvalue weighted by molar-refractivity contribution is -0.142. The van der Waals surface area contributed by atoms with Gasteiger partial charge in [0.2, 0.25) is 0 Å². The van der Waals surface area contributed by atoms with Crippen LogP contribution in [0.3, 0.4) is 0 Å². The Balaban J connectivity index is 4.16. The fraction of sp³-hybridized carbons (Fsp3) is 0.579. The maximum atomic E-state index is 11.0. The van der Waals surface area contributed by atoms with E-state index in [0.717, 1.165) is 37.4 Å². The number of aliphatic carboxylic acids is 2. The lowest BCUT2D eigenvalue weighted by Gasteiger charge is -2.08. The monoisotopic (exact) mass is 354 g/mol. The van der Waals surface area contributed by atoms with Crippen LogP contribution >= 0.6 is 11.8 Å². The van der Waals surface area contributed by atoms with E-state index in [-0.39, 0.29) is 6.42 Å². The molecule has 4 nitrogen and oxygen atoms in total. The van der Waals surface area contributed by atoms with Crippen LogP contribution in [0, 0.1) is 0 Å². The molecular weight excluding hydrogens is 324 g/mol. The van der Waals surface area contributed by atoms with Crippen molar-refractivity contribution in [1.29, 1.82) is 0 Å². The van der Waals surface area contributed by atoms with Crippen LogP contribution in [0.15, 0.2) is 34.9 Å². The van der Waals surface area contributed by atoms with Crippen LogP contribution in [0.25, 0.3) is 0 Å². The SMILES string of the molecule is CC(C)=CCCC(C)=CCCC(C)=CCSC(CC(=O)O)C(=O)O. The van der Waals surface area contributed by atoms with Gasteiger partial charge in [0.1, 0.15) is 5.25 Å². The van der Waals surface area contributed by atoms with E-state index in [4.69, 9.17) is 10.2 Å². The second-order valence-corrected chi connectivity index (χ2v) is 7.45. The lowest BCUT2D eigenvalue weighted by atomic mass is 10.1. The van der Waals surface area contributed by atoms with Crippen molar-refractivity contribution >= 4 is 23.7 Å². The predicted molar refractivity (Wildman–Crippen MR) is 102 cm³/mol. The molecule has 2 N–H and O–H groups in total. The normalized spacial score (nSPS) is 13.5. The number of carbonyl (C=O) groups is 2. The number of carboxylic acid groups (broad SMARTS) is 2. The molecule has 0 radical (unpaired) electrons. The Morgan fingerprint density at radius 1 is 0.917 bits per heavy atom. The highest BCUT2D eigenvalue weighted by Gasteiger charge is 2.20. The molecule has 24 heavy (non-hydrogen) atoms. The minimum atomic E-state index is -1.08. The van der Waals surface area contributed by atoms with Crippen LogP contribution in [-0.4, -0.2) is 33.2 Å². The van der Waals surface area contributed by atoms with Gasteiger partial charge in [-0.05, 0) is 53.4 Å². The largest absolute Gasteiger partial charge is 0.481 e. The Bertz CT molecular complexity index is 499. The minimum Gasteiger partial charge on any atom is -0.481 e. The second kappa shape index (κ2) is 12.9. The first-order valence-corrected chi connectivity index (χ1v) is 9.28. The van der Waals surface area contributed by atoms with Gasteiger partial charge < -0.3 is 10.2 Å². The Labute approximate surface area is 149 Å². The fourth-order valence-corrected chi connectivity index (χ4v) is 3.04.